The third-order valence-electron chi connectivity index (χ3n) is 11.2. The molecule has 7 atom stereocenters. The summed E-state index contributed by atoms with van der Waals surface area (Å²) < 4.78 is 11.3. The van der Waals surface area contributed by atoms with E-state index in [-0.39, 0.29) is 12.5 Å². The van der Waals surface area contributed by atoms with Crippen LogP contribution in [0.2, 0.25) is 0 Å². The lowest BCUT2D eigenvalue weighted by atomic mass is 9.99. The van der Waals surface area contributed by atoms with E-state index in [1.165, 1.54) is 96.3 Å². The lowest BCUT2D eigenvalue weighted by Gasteiger charge is -2.40. The SMILES string of the molecule is CC/C=C\C/C=C\C/C=C\C/C=C\CCCCCCC(=O)NC(COC1OC(CO)C(O)C(O)C1O)C(O)CCCCCCCCCCCCCCCCCCCC. The quantitative estimate of drug-likeness (QED) is 0.0265. The van der Waals surface area contributed by atoms with Gasteiger partial charge >= 0.3 is 0 Å². The molecule has 0 spiro atoms. The lowest BCUT2D eigenvalue weighted by molar-refractivity contribution is -0.302. The van der Waals surface area contributed by atoms with Crippen molar-refractivity contribution in [1.82, 2.24) is 5.32 Å². The third kappa shape index (κ3) is 29.4. The van der Waals surface area contributed by atoms with Crippen molar-refractivity contribution in [3.63, 3.8) is 0 Å². The van der Waals surface area contributed by atoms with Gasteiger partial charge in [0.05, 0.1) is 25.4 Å². The molecule has 1 aliphatic rings. The van der Waals surface area contributed by atoms with Crippen LogP contribution >= 0.6 is 0 Å². The number of hydrogen-bond acceptors (Lipinski definition) is 8. The van der Waals surface area contributed by atoms with Gasteiger partial charge in [0, 0.05) is 6.42 Å². The Balaban J connectivity index is 2.34. The van der Waals surface area contributed by atoms with Crippen LogP contribution in [-0.4, -0.2) is 87.5 Å². The number of ether oxygens (including phenoxy) is 2. The Morgan fingerprint density at radius 1 is 0.603 bits per heavy atom. The molecule has 0 aromatic rings. The summed E-state index contributed by atoms with van der Waals surface area (Å²) in [4.78, 5) is 13.0. The molecule has 0 aliphatic carbocycles. The second-order valence-electron chi connectivity index (χ2n) is 16.5. The number of carbonyl (C=O) groups is 1. The zero-order chi connectivity index (χ0) is 42.3. The fourth-order valence-electron chi connectivity index (χ4n) is 7.39. The minimum Gasteiger partial charge on any atom is -0.394 e. The predicted octanol–water partition coefficient (Wildman–Crippen LogP) is 10.2. The van der Waals surface area contributed by atoms with Crippen molar-refractivity contribution in [2.75, 3.05) is 13.2 Å². The van der Waals surface area contributed by atoms with Crippen molar-refractivity contribution in [3.05, 3.63) is 48.6 Å². The molecule has 1 saturated heterocycles. The monoisotopic (exact) mass is 820 g/mol. The maximum absolute atomic E-state index is 13.0. The molecule has 58 heavy (non-hydrogen) atoms. The van der Waals surface area contributed by atoms with Crippen LogP contribution < -0.4 is 5.32 Å². The Hall–Kier alpha value is -1.85. The molecule has 9 heteroatoms. The van der Waals surface area contributed by atoms with Crippen molar-refractivity contribution in [1.29, 1.82) is 0 Å². The molecule has 6 N–H and O–H groups in total. The first-order chi connectivity index (χ1) is 28.3. The molecule has 9 nitrogen and oxygen atoms in total. The molecule has 1 aliphatic heterocycles. The van der Waals surface area contributed by atoms with Crippen molar-refractivity contribution >= 4 is 5.91 Å². The largest absolute Gasteiger partial charge is 0.394 e. The molecular weight excluding hydrogens is 731 g/mol. The van der Waals surface area contributed by atoms with Crippen molar-refractivity contribution < 1.29 is 39.8 Å². The van der Waals surface area contributed by atoms with Gasteiger partial charge in [-0.25, -0.2) is 0 Å². The topological polar surface area (TPSA) is 149 Å². The van der Waals surface area contributed by atoms with Gasteiger partial charge < -0.3 is 40.3 Å². The molecule has 0 bridgehead atoms. The van der Waals surface area contributed by atoms with Gasteiger partial charge in [-0.1, -0.05) is 191 Å². The van der Waals surface area contributed by atoms with E-state index in [4.69, 9.17) is 9.47 Å². The van der Waals surface area contributed by atoms with Crippen LogP contribution in [0.5, 0.6) is 0 Å². The number of carbonyl (C=O) groups excluding carboxylic acids is 1. The molecule has 1 heterocycles. The highest BCUT2D eigenvalue weighted by molar-refractivity contribution is 5.76. The van der Waals surface area contributed by atoms with E-state index in [0.29, 0.717) is 12.8 Å². The van der Waals surface area contributed by atoms with Gasteiger partial charge in [-0.15, -0.1) is 0 Å². The Kier molecular flexibility index (Phi) is 36.7. The van der Waals surface area contributed by atoms with Gasteiger partial charge in [0.2, 0.25) is 5.91 Å². The summed E-state index contributed by atoms with van der Waals surface area (Å²) in [6.45, 7) is 3.71. The van der Waals surface area contributed by atoms with E-state index < -0.39 is 49.5 Å². The number of allylic oxidation sites excluding steroid dienone is 8. The highest BCUT2D eigenvalue weighted by Crippen LogP contribution is 2.23. The zero-order valence-electron chi connectivity index (χ0n) is 37.0. The van der Waals surface area contributed by atoms with Crippen molar-refractivity contribution in [2.45, 2.75) is 243 Å². The third-order valence-corrected chi connectivity index (χ3v) is 11.2. The van der Waals surface area contributed by atoms with E-state index >= 15 is 0 Å². The highest BCUT2D eigenvalue weighted by Gasteiger charge is 2.44. The zero-order valence-corrected chi connectivity index (χ0v) is 37.0. The van der Waals surface area contributed by atoms with Gasteiger partial charge in [0.15, 0.2) is 6.29 Å². The molecule has 1 fully saturated rings. The number of unbranched alkanes of at least 4 members (excludes halogenated alkanes) is 21. The average Bonchev–Trinajstić information content (AvgIpc) is 3.22. The van der Waals surface area contributed by atoms with E-state index in [1.54, 1.807) is 0 Å². The van der Waals surface area contributed by atoms with Crippen molar-refractivity contribution in [3.8, 4) is 0 Å². The Morgan fingerprint density at radius 3 is 1.59 bits per heavy atom. The van der Waals surface area contributed by atoms with E-state index in [2.05, 4.69) is 67.8 Å². The maximum Gasteiger partial charge on any atom is 0.220 e. The standard InChI is InChI=1S/C49H89NO8/c1-3-5-7-9-11-13-15-17-19-21-23-24-26-28-30-32-34-36-38-43(52)42(41-57-49-48(56)47(55)46(54)44(40-51)58-49)50-45(53)39-37-35-33-31-29-27-25-22-20-18-16-14-12-10-8-6-4-2/h6,8,12,14,18,20,25,27,42-44,46-49,51-52,54-56H,3-5,7,9-11,13,15-17,19,21-24,26,28-41H2,1-2H3,(H,50,53)/b8-6-,14-12-,20-18-,27-25-. The van der Waals surface area contributed by atoms with Crippen LogP contribution in [0.25, 0.3) is 0 Å². The Labute approximate surface area is 354 Å². The summed E-state index contributed by atoms with van der Waals surface area (Å²) in [5.41, 5.74) is 0. The van der Waals surface area contributed by atoms with Gasteiger partial charge in [-0.05, 0) is 51.4 Å². The van der Waals surface area contributed by atoms with Crippen LogP contribution in [0.4, 0.5) is 0 Å². The van der Waals surface area contributed by atoms with E-state index in [0.717, 1.165) is 77.0 Å². The number of amides is 1. The summed E-state index contributed by atoms with van der Waals surface area (Å²) in [7, 11) is 0. The van der Waals surface area contributed by atoms with Gasteiger partial charge in [-0.2, -0.15) is 0 Å². The first kappa shape index (κ1) is 54.2. The molecule has 1 amide bonds. The van der Waals surface area contributed by atoms with Gasteiger partial charge in [0.1, 0.15) is 24.4 Å². The second kappa shape index (κ2) is 39.3. The summed E-state index contributed by atoms with van der Waals surface area (Å²) in [6.07, 6.45) is 42.6. The summed E-state index contributed by atoms with van der Waals surface area (Å²) in [5.74, 6) is -0.168. The van der Waals surface area contributed by atoms with E-state index in [1.807, 2.05) is 0 Å². The summed E-state index contributed by atoms with van der Waals surface area (Å²) >= 11 is 0. The maximum atomic E-state index is 13.0. The number of aliphatic hydroxyl groups excluding tert-OH is 5. The lowest BCUT2D eigenvalue weighted by Crippen LogP contribution is -2.60. The number of aliphatic hydroxyl groups is 5. The van der Waals surface area contributed by atoms with Gasteiger partial charge in [-0.3, -0.25) is 4.79 Å². The fraction of sp³-hybridized carbons (Fsp3) is 0.816. The molecule has 0 saturated carbocycles. The Morgan fingerprint density at radius 2 is 1.07 bits per heavy atom. The van der Waals surface area contributed by atoms with Crippen LogP contribution in [0.15, 0.2) is 48.6 Å². The van der Waals surface area contributed by atoms with Crippen LogP contribution in [0.1, 0.15) is 200 Å². The first-order valence-corrected chi connectivity index (χ1v) is 23.8. The molecule has 1 rings (SSSR count). The van der Waals surface area contributed by atoms with Crippen LogP contribution in [0.3, 0.4) is 0 Å². The Bertz CT molecular complexity index is 1050. The normalized spacial score (nSPS) is 21.3. The number of rotatable bonds is 39. The highest BCUT2D eigenvalue weighted by atomic mass is 16.7. The van der Waals surface area contributed by atoms with Crippen molar-refractivity contribution in [2.24, 2.45) is 0 Å². The molecule has 7 unspecified atom stereocenters. The minimum atomic E-state index is -1.56. The average molecular weight is 820 g/mol. The molecule has 338 valence electrons. The number of hydrogen-bond donors (Lipinski definition) is 6. The van der Waals surface area contributed by atoms with Gasteiger partial charge in [0.25, 0.3) is 0 Å². The molecular formula is C49H89NO8. The molecule has 0 aromatic carbocycles. The smallest absolute Gasteiger partial charge is 0.220 e. The summed E-state index contributed by atoms with van der Waals surface area (Å²) in [5, 5.41) is 54.4. The van der Waals surface area contributed by atoms with Crippen LogP contribution in [0, 0.1) is 0 Å². The minimum absolute atomic E-state index is 0.149. The first-order valence-electron chi connectivity index (χ1n) is 23.8. The fourth-order valence-corrected chi connectivity index (χ4v) is 7.39. The van der Waals surface area contributed by atoms with Crippen LogP contribution in [-0.2, 0) is 14.3 Å². The molecule has 0 radical (unpaired) electrons. The summed E-state index contributed by atoms with van der Waals surface area (Å²) in [6, 6.07) is -0.733. The predicted molar refractivity (Wildman–Crippen MR) is 239 cm³/mol. The van der Waals surface area contributed by atoms with E-state index in [9.17, 15) is 30.3 Å². The number of nitrogens with one attached hydrogen (secondary N) is 1. The second-order valence-corrected chi connectivity index (χ2v) is 16.5. The molecule has 0 aromatic heterocycles.